The van der Waals surface area contributed by atoms with Gasteiger partial charge in [-0.15, -0.1) is 0 Å². The normalized spacial score (nSPS) is 10.4. The first-order chi connectivity index (χ1) is 11.1. The Labute approximate surface area is 133 Å². The Hall–Kier alpha value is -2.63. The summed E-state index contributed by atoms with van der Waals surface area (Å²) in [5.74, 6) is 0.537. The molecule has 1 N–H and O–H groups in total. The molecule has 0 atom stereocenters. The van der Waals surface area contributed by atoms with Crippen LogP contribution in [0.15, 0.2) is 54.6 Å². The van der Waals surface area contributed by atoms with E-state index in [1.807, 2.05) is 30.3 Å². The van der Waals surface area contributed by atoms with E-state index in [0.29, 0.717) is 25.1 Å². The Balaban J connectivity index is 1.68. The molecule has 2 aromatic rings. The van der Waals surface area contributed by atoms with Gasteiger partial charge in [-0.1, -0.05) is 18.2 Å². The van der Waals surface area contributed by atoms with Gasteiger partial charge in [-0.2, -0.15) is 8.78 Å². The lowest BCUT2D eigenvalue weighted by Crippen LogP contribution is -2.25. The molecule has 122 valence electrons. The molecule has 0 saturated carbocycles. The molecule has 0 spiro atoms. The predicted octanol–water partition coefficient (Wildman–Crippen LogP) is 3.49. The van der Waals surface area contributed by atoms with Crippen LogP contribution < -0.4 is 14.8 Å². The van der Waals surface area contributed by atoms with E-state index in [1.54, 1.807) is 0 Å². The van der Waals surface area contributed by atoms with Crippen molar-refractivity contribution in [2.75, 3.05) is 13.2 Å². The molecule has 0 aliphatic heterocycles. The molecule has 2 aromatic carbocycles. The minimum Gasteiger partial charge on any atom is -0.494 e. The Morgan fingerprint density at radius 1 is 1.00 bits per heavy atom. The summed E-state index contributed by atoms with van der Waals surface area (Å²) >= 11 is 0. The van der Waals surface area contributed by atoms with Gasteiger partial charge in [0.05, 0.1) is 6.61 Å². The third kappa shape index (κ3) is 5.94. The van der Waals surface area contributed by atoms with Crippen LogP contribution >= 0.6 is 0 Å². The second-order valence-electron chi connectivity index (χ2n) is 4.67. The van der Waals surface area contributed by atoms with Crippen LogP contribution in [-0.4, -0.2) is 25.7 Å². The molecule has 2 rings (SSSR count). The molecule has 23 heavy (non-hydrogen) atoms. The largest absolute Gasteiger partial charge is 0.494 e. The van der Waals surface area contributed by atoms with E-state index in [1.165, 1.54) is 24.3 Å². The van der Waals surface area contributed by atoms with Crippen molar-refractivity contribution in [3.05, 3.63) is 60.2 Å². The van der Waals surface area contributed by atoms with Gasteiger partial charge in [0, 0.05) is 12.1 Å². The molecule has 0 saturated heterocycles. The number of carbonyl (C=O) groups excluding carboxylic acids is 1. The third-order valence-corrected chi connectivity index (χ3v) is 2.96. The number of para-hydroxylation sites is 1. The van der Waals surface area contributed by atoms with Crippen molar-refractivity contribution >= 4 is 5.91 Å². The van der Waals surface area contributed by atoms with Gasteiger partial charge in [-0.3, -0.25) is 4.79 Å². The highest BCUT2D eigenvalue weighted by molar-refractivity contribution is 5.94. The van der Waals surface area contributed by atoms with Crippen LogP contribution in [0.3, 0.4) is 0 Å². The van der Waals surface area contributed by atoms with Gasteiger partial charge in [0.1, 0.15) is 11.5 Å². The highest BCUT2D eigenvalue weighted by atomic mass is 19.3. The van der Waals surface area contributed by atoms with Crippen LogP contribution in [-0.2, 0) is 0 Å². The quantitative estimate of drug-likeness (QED) is 0.757. The second kappa shape index (κ2) is 8.73. The maximum absolute atomic E-state index is 12.0. The SMILES string of the molecule is O=C(NCCCOc1ccccc1)c1ccc(OC(F)F)cc1. The minimum atomic E-state index is -2.88. The zero-order valence-corrected chi connectivity index (χ0v) is 12.4. The number of alkyl halides is 2. The van der Waals surface area contributed by atoms with Crippen molar-refractivity contribution < 1.29 is 23.0 Å². The molecule has 1 amide bonds. The fourth-order valence-electron chi connectivity index (χ4n) is 1.87. The van der Waals surface area contributed by atoms with Gasteiger partial charge < -0.3 is 14.8 Å². The highest BCUT2D eigenvalue weighted by Gasteiger charge is 2.07. The van der Waals surface area contributed by atoms with Crippen molar-refractivity contribution in [3.8, 4) is 11.5 Å². The fourth-order valence-corrected chi connectivity index (χ4v) is 1.87. The van der Waals surface area contributed by atoms with Crippen LogP contribution in [0, 0.1) is 0 Å². The van der Waals surface area contributed by atoms with Crippen LogP contribution in [0.1, 0.15) is 16.8 Å². The van der Waals surface area contributed by atoms with Crippen molar-refractivity contribution in [1.82, 2.24) is 5.32 Å². The van der Waals surface area contributed by atoms with Gasteiger partial charge in [-0.05, 0) is 42.8 Å². The standard InChI is InChI=1S/C17H17F2NO3/c18-17(19)23-15-9-7-13(8-10-15)16(21)20-11-4-12-22-14-5-2-1-3-6-14/h1-3,5-10,17H,4,11-12H2,(H,20,21). The van der Waals surface area contributed by atoms with Crippen molar-refractivity contribution in [3.63, 3.8) is 0 Å². The summed E-state index contributed by atoms with van der Waals surface area (Å²) in [5.41, 5.74) is 0.385. The first kappa shape index (κ1) is 16.7. The Kier molecular flexibility index (Phi) is 6.35. The van der Waals surface area contributed by atoms with Crippen LogP contribution in [0.2, 0.25) is 0 Å². The maximum atomic E-state index is 12.0. The summed E-state index contributed by atoms with van der Waals surface area (Å²) in [7, 11) is 0. The number of amides is 1. The lowest BCUT2D eigenvalue weighted by atomic mass is 10.2. The molecule has 0 radical (unpaired) electrons. The van der Waals surface area contributed by atoms with Crippen LogP contribution in [0.25, 0.3) is 0 Å². The summed E-state index contributed by atoms with van der Waals surface area (Å²) in [6, 6.07) is 14.9. The van der Waals surface area contributed by atoms with Gasteiger partial charge in [0.2, 0.25) is 0 Å². The molecule has 0 aromatic heterocycles. The molecule has 4 nitrogen and oxygen atoms in total. The molecule has 0 fully saturated rings. The van der Waals surface area contributed by atoms with Gasteiger partial charge in [-0.25, -0.2) is 0 Å². The van der Waals surface area contributed by atoms with Crippen molar-refractivity contribution in [2.24, 2.45) is 0 Å². The van der Waals surface area contributed by atoms with Crippen molar-refractivity contribution in [1.29, 1.82) is 0 Å². The molecule has 0 bridgehead atoms. The number of hydrogen-bond acceptors (Lipinski definition) is 3. The Bertz CT molecular complexity index is 603. The summed E-state index contributed by atoms with van der Waals surface area (Å²) in [4.78, 5) is 11.9. The minimum absolute atomic E-state index is 0.0211. The molecule has 0 aliphatic carbocycles. The third-order valence-electron chi connectivity index (χ3n) is 2.96. The summed E-state index contributed by atoms with van der Waals surface area (Å²) in [6.45, 7) is -1.92. The zero-order valence-electron chi connectivity index (χ0n) is 12.4. The van der Waals surface area contributed by atoms with E-state index in [0.717, 1.165) is 5.75 Å². The predicted molar refractivity (Wildman–Crippen MR) is 82.0 cm³/mol. The second-order valence-corrected chi connectivity index (χ2v) is 4.67. The number of carbonyl (C=O) groups is 1. The fraction of sp³-hybridized carbons (Fsp3) is 0.235. The van der Waals surface area contributed by atoms with Crippen LogP contribution in [0.4, 0.5) is 8.78 Å². The number of ether oxygens (including phenoxy) is 2. The zero-order chi connectivity index (χ0) is 16.5. The van der Waals surface area contributed by atoms with Crippen LogP contribution in [0.5, 0.6) is 11.5 Å². The molecule has 0 aliphatic rings. The lowest BCUT2D eigenvalue weighted by Gasteiger charge is -2.08. The average Bonchev–Trinajstić information content (AvgIpc) is 2.55. The molecule has 6 heteroatoms. The van der Waals surface area contributed by atoms with Gasteiger partial charge in [0.25, 0.3) is 5.91 Å². The monoisotopic (exact) mass is 321 g/mol. The molecule has 0 heterocycles. The van der Waals surface area contributed by atoms with E-state index in [-0.39, 0.29) is 11.7 Å². The number of benzene rings is 2. The van der Waals surface area contributed by atoms with Crippen molar-refractivity contribution in [2.45, 2.75) is 13.0 Å². The van der Waals surface area contributed by atoms with Gasteiger partial charge >= 0.3 is 6.61 Å². The smallest absolute Gasteiger partial charge is 0.387 e. The van der Waals surface area contributed by atoms with E-state index in [9.17, 15) is 13.6 Å². The van der Waals surface area contributed by atoms with E-state index in [2.05, 4.69) is 10.1 Å². The molecular weight excluding hydrogens is 304 g/mol. The van der Waals surface area contributed by atoms with Gasteiger partial charge in [0.15, 0.2) is 0 Å². The number of halogens is 2. The molecular formula is C17H17F2NO3. The lowest BCUT2D eigenvalue weighted by molar-refractivity contribution is -0.0498. The van der Waals surface area contributed by atoms with E-state index >= 15 is 0 Å². The van der Waals surface area contributed by atoms with E-state index < -0.39 is 6.61 Å². The highest BCUT2D eigenvalue weighted by Crippen LogP contribution is 2.14. The number of nitrogens with one attached hydrogen (secondary N) is 1. The topological polar surface area (TPSA) is 47.6 Å². The van der Waals surface area contributed by atoms with E-state index in [4.69, 9.17) is 4.74 Å². The molecule has 0 unspecified atom stereocenters. The summed E-state index contributed by atoms with van der Waals surface area (Å²) < 4.78 is 33.8. The Morgan fingerprint density at radius 3 is 2.35 bits per heavy atom. The first-order valence-electron chi connectivity index (χ1n) is 7.16. The summed E-state index contributed by atoms with van der Waals surface area (Å²) in [6.07, 6.45) is 0.660. The summed E-state index contributed by atoms with van der Waals surface area (Å²) in [5, 5.41) is 2.74. The number of rotatable bonds is 8. The number of hydrogen-bond donors (Lipinski definition) is 1. The average molecular weight is 321 g/mol. The first-order valence-corrected chi connectivity index (χ1v) is 7.16. The Morgan fingerprint density at radius 2 is 1.70 bits per heavy atom. The maximum Gasteiger partial charge on any atom is 0.387 e.